The van der Waals surface area contributed by atoms with Crippen molar-refractivity contribution in [2.45, 2.75) is 13.3 Å². The molecule has 0 unspecified atom stereocenters. The molecule has 1 amide bonds. The largest absolute Gasteiger partial charge is 0.351 e. The Morgan fingerprint density at radius 2 is 2.10 bits per heavy atom. The summed E-state index contributed by atoms with van der Waals surface area (Å²) in [5, 5.41) is 2.54. The van der Waals surface area contributed by atoms with Crippen LogP contribution in [-0.4, -0.2) is 38.7 Å². The fraction of sp³-hybridized carbons (Fsp3) is 0.455. The maximum atomic E-state index is 11.9. The van der Waals surface area contributed by atoms with Crippen LogP contribution in [0.1, 0.15) is 23.0 Å². The number of hydrogen-bond acceptors (Lipinski definition) is 6. The normalized spacial score (nSPS) is 11.2. The smallest absolute Gasteiger partial charge is 0.251 e. The van der Waals surface area contributed by atoms with Gasteiger partial charge in [-0.2, -0.15) is 0 Å². The predicted molar refractivity (Wildman–Crippen MR) is 76.6 cm³/mol. The van der Waals surface area contributed by atoms with Crippen LogP contribution in [0.15, 0.2) is 12.1 Å². The highest BCUT2D eigenvalue weighted by molar-refractivity contribution is 7.89. The van der Waals surface area contributed by atoms with Crippen molar-refractivity contribution in [3.63, 3.8) is 0 Å². The molecule has 5 N–H and O–H groups in total. The van der Waals surface area contributed by atoms with Crippen molar-refractivity contribution in [1.29, 1.82) is 0 Å². The van der Waals surface area contributed by atoms with Crippen LogP contribution in [-0.2, 0) is 16.4 Å². The van der Waals surface area contributed by atoms with Crippen molar-refractivity contribution in [2.75, 3.05) is 24.8 Å². The lowest BCUT2D eigenvalue weighted by molar-refractivity contribution is 0.0956. The Bertz CT molecular complexity index is 551. The average Bonchev–Trinajstić information content (AvgIpc) is 2.46. The summed E-state index contributed by atoms with van der Waals surface area (Å²) < 4.78 is 24.6. The minimum atomic E-state index is -3.33. The standard InChI is InChI=1S/C11H19N5O3S/c1-3-9-6-8(7-10(15-9)16-12)11(17)14-4-5-20(18,19)13-2/h6-7,13H,3-5,12H2,1-2H3,(H,14,17)(H,15,16). The number of sulfonamides is 1. The van der Waals surface area contributed by atoms with Crippen LogP contribution in [0, 0.1) is 0 Å². The number of nitrogens with one attached hydrogen (secondary N) is 3. The molecule has 8 nitrogen and oxygen atoms in total. The molecule has 0 bridgehead atoms. The van der Waals surface area contributed by atoms with E-state index in [0.717, 1.165) is 0 Å². The highest BCUT2D eigenvalue weighted by atomic mass is 32.2. The van der Waals surface area contributed by atoms with Crippen LogP contribution in [0.4, 0.5) is 5.82 Å². The molecule has 0 saturated heterocycles. The highest BCUT2D eigenvalue weighted by Crippen LogP contribution is 2.10. The van der Waals surface area contributed by atoms with Gasteiger partial charge in [0.05, 0.1) is 5.75 Å². The Morgan fingerprint density at radius 3 is 2.65 bits per heavy atom. The van der Waals surface area contributed by atoms with Crippen molar-refractivity contribution in [2.24, 2.45) is 5.84 Å². The summed E-state index contributed by atoms with van der Waals surface area (Å²) in [6, 6.07) is 3.14. The third kappa shape index (κ3) is 4.76. The Hall–Kier alpha value is -1.71. The number of hydrazine groups is 1. The number of carbonyl (C=O) groups excluding carboxylic acids is 1. The van der Waals surface area contributed by atoms with E-state index in [1.54, 1.807) is 6.07 Å². The zero-order valence-corrected chi connectivity index (χ0v) is 12.3. The van der Waals surface area contributed by atoms with E-state index in [1.165, 1.54) is 13.1 Å². The minimum Gasteiger partial charge on any atom is -0.351 e. The molecule has 1 aromatic rings. The van der Waals surface area contributed by atoms with Gasteiger partial charge in [-0.3, -0.25) is 4.79 Å². The number of carbonyl (C=O) groups is 1. The first-order valence-corrected chi connectivity index (χ1v) is 7.74. The zero-order chi connectivity index (χ0) is 15.2. The van der Waals surface area contributed by atoms with Gasteiger partial charge < -0.3 is 10.7 Å². The zero-order valence-electron chi connectivity index (χ0n) is 11.4. The first-order valence-electron chi connectivity index (χ1n) is 6.09. The molecular weight excluding hydrogens is 282 g/mol. The molecule has 112 valence electrons. The molecule has 0 aliphatic carbocycles. The van der Waals surface area contributed by atoms with Crippen molar-refractivity contribution >= 4 is 21.7 Å². The molecule has 1 rings (SSSR count). The number of nitrogens with two attached hydrogens (primary N) is 1. The van der Waals surface area contributed by atoms with Gasteiger partial charge >= 0.3 is 0 Å². The van der Waals surface area contributed by atoms with Crippen LogP contribution in [0.3, 0.4) is 0 Å². The summed E-state index contributed by atoms with van der Waals surface area (Å²) in [5.74, 6) is 5.12. The maximum absolute atomic E-state index is 11.9. The van der Waals surface area contributed by atoms with Crippen LogP contribution in [0.5, 0.6) is 0 Å². The van der Waals surface area contributed by atoms with E-state index >= 15 is 0 Å². The Kier molecular flexibility index (Phi) is 5.86. The van der Waals surface area contributed by atoms with Crippen molar-refractivity contribution in [3.05, 3.63) is 23.4 Å². The average molecular weight is 301 g/mol. The molecule has 0 aliphatic heterocycles. The molecule has 1 heterocycles. The van der Waals surface area contributed by atoms with Crippen LogP contribution in [0.25, 0.3) is 0 Å². The van der Waals surface area contributed by atoms with Gasteiger partial charge in [-0.25, -0.2) is 24.0 Å². The number of nitrogens with zero attached hydrogens (tertiary/aromatic N) is 1. The topological polar surface area (TPSA) is 126 Å². The van der Waals surface area contributed by atoms with E-state index in [0.29, 0.717) is 23.5 Å². The number of anilines is 1. The number of hydrogen-bond donors (Lipinski definition) is 4. The van der Waals surface area contributed by atoms with Crippen LogP contribution in [0.2, 0.25) is 0 Å². The van der Waals surface area contributed by atoms with E-state index in [4.69, 9.17) is 5.84 Å². The lowest BCUT2D eigenvalue weighted by Gasteiger charge is -2.08. The first-order chi connectivity index (χ1) is 9.41. The molecule has 0 atom stereocenters. The second-order valence-electron chi connectivity index (χ2n) is 4.01. The van der Waals surface area contributed by atoms with E-state index in [-0.39, 0.29) is 18.2 Å². The van der Waals surface area contributed by atoms with E-state index in [9.17, 15) is 13.2 Å². The first kappa shape index (κ1) is 16.3. The van der Waals surface area contributed by atoms with Crippen molar-refractivity contribution in [3.8, 4) is 0 Å². The van der Waals surface area contributed by atoms with E-state index < -0.39 is 10.0 Å². The fourth-order valence-corrected chi connectivity index (χ4v) is 2.05. The molecule has 20 heavy (non-hydrogen) atoms. The number of pyridine rings is 1. The van der Waals surface area contributed by atoms with Crippen LogP contribution >= 0.6 is 0 Å². The summed E-state index contributed by atoms with van der Waals surface area (Å²) in [4.78, 5) is 16.1. The molecule has 0 fully saturated rings. The van der Waals surface area contributed by atoms with Gasteiger partial charge in [0, 0.05) is 17.8 Å². The lowest BCUT2D eigenvalue weighted by Crippen LogP contribution is -2.33. The number of aryl methyl sites for hydroxylation is 1. The second kappa shape index (κ2) is 7.17. The summed E-state index contributed by atoms with van der Waals surface area (Å²) in [7, 11) is -2.01. The third-order valence-corrected chi connectivity index (χ3v) is 3.98. The number of amides is 1. The summed E-state index contributed by atoms with van der Waals surface area (Å²) in [5.41, 5.74) is 3.49. The SMILES string of the molecule is CCc1cc(C(=O)NCCS(=O)(=O)NC)cc(NN)n1. The molecular formula is C11H19N5O3S. The number of nitrogen functional groups attached to an aromatic ring is 1. The minimum absolute atomic E-state index is 0.0250. The van der Waals surface area contributed by atoms with Gasteiger partial charge in [0.15, 0.2) is 0 Å². The van der Waals surface area contributed by atoms with Gasteiger partial charge in [0.2, 0.25) is 10.0 Å². The highest BCUT2D eigenvalue weighted by Gasteiger charge is 2.11. The molecule has 9 heteroatoms. The number of aromatic nitrogens is 1. The van der Waals surface area contributed by atoms with Crippen molar-refractivity contribution < 1.29 is 13.2 Å². The second-order valence-corrected chi connectivity index (χ2v) is 6.06. The van der Waals surface area contributed by atoms with Gasteiger partial charge in [-0.1, -0.05) is 6.92 Å². The van der Waals surface area contributed by atoms with Gasteiger partial charge in [0.1, 0.15) is 5.82 Å². The molecule has 0 aliphatic rings. The van der Waals surface area contributed by atoms with Gasteiger partial charge in [-0.05, 0) is 25.6 Å². The summed E-state index contributed by atoms with van der Waals surface area (Å²) in [6.07, 6.45) is 0.657. The maximum Gasteiger partial charge on any atom is 0.251 e. The summed E-state index contributed by atoms with van der Waals surface area (Å²) in [6.45, 7) is 1.93. The fourth-order valence-electron chi connectivity index (χ4n) is 1.48. The quantitative estimate of drug-likeness (QED) is 0.386. The van der Waals surface area contributed by atoms with E-state index in [2.05, 4.69) is 20.4 Å². The van der Waals surface area contributed by atoms with Crippen LogP contribution < -0.4 is 21.3 Å². The molecule has 0 saturated carbocycles. The molecule has 0 spiro atoms. The van der Waals surface area contributed by atoms with Gasteiger partial charge in [-0.15, -0.1) is 0 Å². The Balaban J connectivity index is 2.72. The van der Waals surface area contributed by atoms with Crippen molar-refractivity contribution in [1.82, 2.24) is 15.0 Å². The van der Waals surface area contributed by atoms with Gasteiger partial charge in [0.25, 0.3) is 5.91 Å². The number of rotatable bonds is 7. The Morgan fingerprint density at radius 1 is 1.40 bits per heavy atom. The lowest BCUT2D eigenvalue weighted by atomic mass is 10.2. The summed E-state index contributed by atoms with van der Waals surface area (Å²) >= 11 is 0. The Labute approximate surface area is 118 Å². The molecule has 0 radical (unpaired) electrons. The molecule has 1 aromatic heterocycles. The third-order valence-electron chi connectivity index (χ3n) is 2.62. The monoisotopic (exact) mass is 301 g/mol. The predicted octanol–water partition coefficient (Wildman–Crippen LogP) is -0.791. The molecule has 0 aromatic carbocycles. The van der Waals surface area contributed by atoms with E-state index in [1.807, 2.05) is 6.92 Å².